The van der Waals surface area contributed by atoms with Crippen molar-refractivity contribution in [3.05, 3.63) is 0 Å². The van der Waals surface area contributed by atoms with Crippen LogP contribution in [0.25, 0.3) is 0 Å². The monoisotopic (exact) mass is 176 g/mol. The Hall–Kier alpha value is -0.350. The molecule has 0 fully saturated rings. The Kier molecular flexibility index (Phi) is 6.16. The molecule has 0 aromatic heterocycles. The fourth-order valence-corrected chi connectivity index (χ4v) is 0.672. The van der Waals surface area contributed by atoms with Crippen molar-refractivity contribution >= 4 is 17.3 Å². The molecule has 0 amide bonds. The third kappa shape index (κ3) is 6.06. The smallest absolute Gasteiger partial charge is 0.168 e. The lowest BCUT2D eigenvalue weighted by Gasteiger charge is -2.14. The Morgan fingerprint density at radius 2 is 2.18 bits per heavy atom. The first-order valence-corrected chi connectivity index (χ1v) is 4.03. The van der Waals surface area contributed by atoms with Crippen LogP contribution < -0.4 is 5.32 Å². The number of hydrogen-bond donors (Lipinski definition) is 1. The van der Waals surface area contributed by atoms with E-state index in [4.69, 9.17) is 17.0 Å². The highest BCUT2D eigenvalue weighted by molar-refractivity contribution is 7.80. The molecule has 11 heavy (non-hydrogen) atoms. The summed E-state index contributed by atoms with van der Waals surface area (Å²) in [4.78, 5) is 1.88. The molecule has 0 saturated carbocycles. The second-order valence-electron chi connectivity index (χ2n) is 2.47. The summed E-state index contributed by atoms with van der Waals surface area (Å²) in [7, 11) is 5.54. The predicted molar refractivity (Wildman–Crippen MR) is 50.8 cm³/mol. The van der Waals surface area contributed by atoms with Crippen LogP contribution in [0.3, 0.4) is 0 Å². The van der Waals surface area contributed by atoms with Crippen molar-refractivity contribution in [2.45, 2.75) is 6.42 Å². The minimum absolute atomic E-state index is 0.779. The molecule has 0 radical (unpaired) electrons. The van der Waals surface area contributed by atoms with Gasteiger partial charge in [0.15, 0.2) is 5.11 Å². The van der Waals surface area contributed by atoms with Crippen LogP contribution in [0.4, 0.5) is 0 Å². The van der Waals surface area contributed by atoms with Crippen molar-refractivity contribution in [3.8, 4) is 0 Å². The molecule has 0 aromatic rings. The second kappa shape index (κ2) is 6.37. The maximum Gasteiger partial charge on any atom is 0.168 e. The molecule has 66 valence electrons. The van der Waals surface area contributed by atoms with Gasteiger partial charge in [0.05, 0.1) is 0 Å². The van der Waals surface area contributed by atoms with Gasteiger partial charge in [-0.05, 0) is 18.6 Å². The van der Waals surface area contributed by atoms with Crippen LogP contribution in [-0.4, -0.2) is 44.4 Å². The highest BCUT2D eigenvalue weighted by Gasteiger charge is 1.94. The van der Waals surface area contributed by atoms with Gasteiger partial charge >= 0.3 is 0 Å². The van der Waals surface area contributed by atoms with Crippen LogP contribution in [0.2, 0.25) is 0 Å². The van der Waals surface area contributed by atoms with Gasteiger partial charge < -0.3 is 15.0 Å². The van der Waals surface area contributed by atoms with Crippen LogP contribution in [0.1, 0.15) is 6.42 Å². The van der Waals surface area contributed by atoms with Crippen LogP contribution >= 0.6 is 12.2 Å². The van der Waals surface area contributed by atoms with E-state index in [1.54, 1.807) is 7.11 Å². The van der Waals surface area contributed by atoms with Crippen LogP contribution in [0.15, 0.2) is 0 Å². The van der Waals surface area contributed by atoms with Crippen molar-refractivity contribution in [2.24, 2.45) is 0 Å². The van der Waals surface area contributed by atoms with E-state index in [1.165, 1.54) is 0 Å². The summed E-state index contributed by atoms with van der Waals surface area (Å²) in [5.41, 5.74) is 0. The standard InChI is InChI=1S/C7H16N2OS/c1-9(2)7(11)8-5-4-6-10-3/h4-6H2,1-3H3,(H,8,11). The van der Waals surface area contributed by atoms with E-state index in [9.17, 15) is 0 Å². The number of thiocarbonyl (C=S) groups is 1. The number of hydrogen-bond acceptors (Lipinski definition) is 2. The van der Waals surface area contributed by atoms with E-state index < -0.39 is 0 Å². The van der Waals surface area contributed by atoms with Gasteiger partial charge in [0.2, 0.25) is 0 Å². The lowest BCUT2D eigenvalue weighted by atomic mass is 10.4. The molecule has 0 heterocycles. The average molecular weight is 176 g/mol. The van der Waals surface area contributed by atoms with Crippen molar-refractivity contribution in [1.29, 1.82) is 0 Å². The molecule has 0 aliphatic rings. The highest BCUT2D eigenvalue weighted by Crippen LogP contribution is 1.81. The van der Waals surface area contributed by atoms with Gasteiger partial charge in [-0.15, -0.1) is 0 Å². The number of rotatable bonds is 4. The number of nitrogens with zero attached hydrogens (tertiary/aromatic N) is 1. The van der Waals surface area contributed by atoms with Gasteiger partial charge in [0.1, 0.15) is 0 Å². The van der Waals surface area contributed by atoms with Gasteiger partial charge in [-0.3, -0.25) is 0 Å². The minimum atomic E-state index is 0.779. The predicted octanol–water partition coefficient (Wildman–Crippen LogP) is 0.459. The molecule has 1 N–H and O–H groups in total. The molecule has 4 heteroatoms. The Morgan fingerprint density at radius 1 is 1.55 bits per heavy atom. The molecule has 0 rings (SSSR count). The average Bonchev–Trinajstić information content (AvgIpc) is 1.97. The summed E-state index contributed by atoms with van der Waals surface area (Å²) in [5.74, 6) is 0. The van der Waals surface area contributed by atoms with Gasteiger partial charge in [-0.2, -0.15) is 0 Å². The van der Waals surface area contributed by atoms with E-state index in [0.717, 1.165) is 24.7 Å². The summed E-state index contributed by atoms with van der Waals surface area (Å²) in [6.45, 7) is 1.66. The van der Waals surface area contributed by atoms with E-state index in [1.807, 2.05) is 19.0 Å². The van der Waals surface area contributed by atoms with Crippen LogP contribution in [0.5, 0.6) is 0 Å². The lowest BCUT2D eigenvalue weighted by molar-refractivity contribution is 0.195. The van der Waals surface area contributed by atoms with Gasteiger partial charge in [-0.25, -0.2) is 0 Å². The fraction of sp³-hybridized carbons (Fsp3) is 0.857. The third-order valence-electron chi connectivity index (χ3n) is 1.21. The SMILES string of the molecule is COCCCNC(=S)N(C)C. The molecule has 0 aliphatic heterocycles. The molecular formula is C7H16N2OS. The topological polar surface area (TPSA) is 24.5 Å². The maximum absolute atomic E-state index is 5.00. The summed E-state index contributed by atoms with van der Waals surface area (Å²) in [5, 5.41) is 3.87. The third-order valence-corrected chi connectivity index (χ3v) is 1.72. The van der Waals surface area contributed by atoms with Crippen molar-refractivity contribution in [2.75, 3.05) is 34.4 Å². The first kappa shape index (κ1) is 10.7. The summed E-state index contributed by atoms with van der Waals surface area (Å²) < 4.78 is 4.89. The van der Waals surface area contributed by atoms with E-state index in [-0.39, 0.29) is 0 Å². The second-order valence-corrected chi connectivity index (χ2v) is 2.86. The number of ether oxygens (including phenoxy) is 1. The van der Waals surface area contributed by atoms with E-state index in [2.05, 4.69) is 5.32 Å². The number of methoxy groups -OCH3 is 1. The molecule has 3 nitrogen and oxygen atoms in total. The number of nitrogens with one attached hydrogen (secondary N) is 1. The first-order valence-electron chi connectivity index (χ1n) is 3.62. The Morgan fingerprint density at radius 3 is 2.64 bits per heavy atom. The minimum Gasteiger partial charge on any atom is -0.385 e. The zero-order chi connectivity index (χ0) is 8.69. The molecule has 0 unspecified atom stereocenters. The van der Waals surface area contributed by atoms with Gasteiger partial charge in [-0.1, -0.05) is 0 Å². The first-order chi connectivity index (χ1) is 5.18. The molecule has 0 atom stereocenters. The molecule has 0 bridgehead atoms. The van der Waals surface area contributed by atoms with Crippen LogP contribution in [-0.2, 0) is 4.74 Å². The molecular weight excluding hydrogens is 160 g/mol. The van der Waals surface area contributed by atoms with Crippen molar-refractivity contribution in [1.82, 2.24) is 10.2 Å². The normalized spacial score (nSPS) is 9.36. The summed E-state index contributed by atoms with van der Waals surface area (Å²) >= 11 is 5.00. The van der Waals surface area contributed by atoms with Gasteiger partial charge in [0, 0.05) is 34.4 Å². The highest BCUT2D eigenvalue weighted by atomic mass is 32.1. The Labute approximate surface area is 73.7 Å². The van der Waals surface area contributed by atoms with E-state index in [0.29, 0.717) is 0 Å². The summed E-state index contributed by atoms with van der Waals surface area (Å²) in [6, 6.07) is 0. The molecule has 0 aliphatic carbocycles. The van der Waals surface area contributed by atoms with Crippen molar-refractivity contribution in [3.63, 3.8) is 0 Å². The van der Waals surface area contributed by atoms with Gasteiger partial charge in [0.25, 0.3) is 0 Å². The maximum atomic E-state index is 5.00. The largest absolute Gasteiger partial charge is 0.385 e. The molecule has 0 saturated heterocycles. The van der Waals surface area contributed by atoms with E-state index >= 15 is 0 Å². The zero-order valence-electron chi connectivity index (χ0n) is 7.39. The molecule has 0 spiro atoms. The summed E-state index contributed by atoms with van der Waals surface area (Å²) in [6.07, 6.45) is 0.991. The molecule has 0 aromatic carbocycles. The lowest BCUT2D eigenvalue weighted by Crippen LogP contribution is -2.35. The Bertz CT molecular complexity index is 117. The quantitative estimate of drug-likeness (QED) is 0.497. The zero-order valence-corrected chi connectivity index (χ0v) is 8.20. The van der Waals surface area contributed by atoms with Crippen molar-refractivity contribution < 1.29 is 4.74 Å². The Balaban J connectivity index is 3.18. The van der Waals surface area contributed by atoms with Crippen LogP contribution in [0, 0.1) is 0 Å². The fourth-order valence-electron chi connectivity index (χ4n) is 0.570.